The van der Waals surface area contributed by atoms with Crippen LogP contribution >= 0.6 is 11.8 Å². The van der Waals surface area contributed by atoms with Crippen LogP contribution in [0.5, 0.6) is 0 Å². The van der Waals surface area contributed by atoms with E-state index in [9.17, 15) is 9.90 Å². The SMILES string of the molecule is COC(=O)C(C)(C)CSc1cccc(C(C)O)c1. The Morgan fingerprint density at radius 2 is 2.17 bits per heavy atom. The molecule has 4 heteroatoms. The molecule has 0 heterocycles. The van der Waals surface area contributed by atoms with Gasteiger partial charge in [0.25, 0.3) is 0 Å². The number of hydrogen-bond donors (Lipinski definition) is 1. The molecule has 1 aromatic rings. The first-order valence-corrected chi connectivity index (χ1v) is 6.84. The van der Waals surface area contributed by atoms with Gasteiger partial charge < -0.3 is 9.84 Å². The van der Waals surface area contributed by atoms with E-state index in [4.69, 9.17) is 4.74 Å². The van der Waals surface area contributed by atoms with Gasteiger partial charge in [-0.1, -0.05) is 12.1 Å². The number of rotatable bonds is 5. The molecular formula is C14H20O3S. The molecule has 0 aliphatic heterocycles. The Bertz CT molecular complexity index is 413. The van der Waals surface area contributed by atoms with Crippen molar-refractivity contribution in [3.05, 3.63) is 29.8 Å². The summed E-state index contributed by atoms with van der Waals surface area (Å²) in [7, 11) is 1.41. The number of methoxy groups -OCH3 is 1. The van der Waals surface area contributed by atoms with Crippen molar-refractivity contribution >= 4 is 17.7 Å². The number of hydrogen-bond acceptors (Lipinski definition) is 4. The number of thioether (sulfide) groups is 1. The lowest BCUT2D eigenvalue weighted by molar-refractivity contribution is -0.149. The van der Waals surface area contributed by atoms with Gasteiger partial charge in [-0.2, -0.15) is 0 Å². The summed E-state index contributed by atoms with van der Waals surface area (Å²) < 4.78 is 4.77. The number of aliphatic hydroxyl groups is 1. The van der Waals surface area contributed by atoms with Gasteiger partial charge in [-0.3, -0.25) is 4.79 Å². The van der Waals surface area contributed by atoms with Crippen LogP contribution in [0.25, 0.3) is 0 Å². The third-order valence-electron chi connectivity index (χ3n) is 2.68. The molecule has 0 amide bonds. The van der Waals surface area contributed by atoms with Crippen molar-refractivity contribution in [2.45, 2.75) is 31.8 Å². The standard InChI is InChI=1S/C14H20O3S/c1-10(15)11-6-5-7-12(8-11)18-9-14(2,3)13(16)17-4/h5-8,10,15H,9H2,1-4H3. The van der Waals surface area contributed by atoms with Crippen LogP contribution in [0.2, 0.25) is 0 Å². The number of aliphatic hydroxyl groups excluding tert-OH is 1. The molecule has 0 aromatic heterocycles. The molecule has 3 nitrogen and oxygen atoms in total. The number of ether oxygens (including phenoxy) is 1. The average Bonchev–Trinajstić information content (AvgIpc) is 2.35. The second-order valence-corrected chi connectivity index (χ2v) is 5.96. The maximum absolute atomic E-state index is 11.6. The van der Waals surface area contributed by atoms with Gasteiger partial charge in [-0.25, -0.2) is 0 Å². The van der Waals surface area contributed by atoms with E-state index in [-0.39, 0.29) is 5.97 Å². The number of benzene rings is 1. The van der Waals surface area contributed by atoms with Gasteiger partial charge in [0.1, 0.15) is 0 Å². The minimum absolute atomic E-state index is 0.207. The van der Waals surface area contributed by atoms with Gasteiger partial charge >= 0.3 is 5.97 Å². The first-order chi connectivity index (χ1) is 8.36. The topological polar surface area (TPSA) is 46.5 Å². The molecule has 0 aliphatic carbocycles. The van der Waals surface area contributed by atoms with Gasteiger partial charge in [-0.05, 0) is 38.5 Å². The Labute approximate surface area is 113 Å². The monoisotopic (exact) mass is 268 g/mol. The highest BCUT2D eigenvalue weighted by molar-refractivity contribution is 7.99. The Morgan fingerprint density at radius 1 is 1.50 bits per heavy atom. The Kier molecular flexibility index (Phi) is 5.23. The van der Waals surface area contributed by atoms with E-state index in [1.54, 1.807) is 18.7 Å². The van der Waals surface area contributed by atoms with E-state index < -0.39 is 11.5 Å². The number of esters is 1. The fourth-order valence-corrected chi connectivity index (χ4v) is 2.50. The number of carbonyl (C=O) groups excluding carboxylic acids is 1. The minimum Gasteiger partial charge on any atom is -0.469 e. The van der Waals surface area contributed by atoms with Gasteiger partial charge in [0.2, 0.25) is 0 Å². The van der Waals surface area contributed by atoms with Crippen LogP contribution in [0.3, 0.4) is 0 Å². The third kappa shape index (κ3) is 4.03. The van der Waals surface area contributed by atoms with E-state index >= 15 is 0 Å². The second kappa shape index (κ2) is 6.25. The van der Waals surface area contributed by atoms with E-state index in [2.05, 4.69) is 0 Å². The Balaban J connectivity index is 2.69. The molecule has 0 radical (unpaired) electrons. The molecule has 18 heavy (non-hydrogen) atoms. The zero-order valence-electron chi connectivity index (χ0n) is 11.3. The molecule has 0 saturated heterocycles. The van der Waals surface area contributed by atoms with Crippen LogP contribution in [0, 0.1) is 5.41 Å². The quantitative estimate of drug-likeness (QED) is 0.658. The summed E-state index contributed by atoms with van der Waals surface area (Å²) in [6, 6.07) is 7.72. The summed E-state index contributed by atoms with van der Waals surface area (Å²) in [6.45, 7) is 5.47. The molecular weight excluding hydrogens is 248 g/mol. The van der Waals surface area contributed by atoms with Crippen LogP contribution in [-0.2, 0) is 9.53 Å². The molecule has 1 rings (SSSR count). The molecule has 0 spiro atoms. The van der Waals surface area contributed by atoms with Crippen LogP contribution in [-0.4, -0.2) is 23.9 Å². The minimum atomic E-state index is -0.514. The van der Waals surface area contributed by atoms with Gasteiger partial charge in [-0.15, -0.1) is 11.8 Å². The largest absolute Gasteiger partial charge is 0.469 e. The highest BCUT2D eigenvalue weighted by atomic mass is 32.2. The van der Waals surface area contributed by atoms with Crippen molar-refractivity contribution in [1.29, 1.82) is 0 Å². The van der Waals surface area contributed by atoms with E-state index in [1.807, 2.05) is 38.1 Å². The lowest BCUT2D eigenvalue weighted by Gasteiger charge is -2.20. The molecule has 1 aromatic carbocycles. The molecule has 0 fully saturated rings. The van der Waals surface area contributed by atoms with Crippen LogP contribution < -0.4 is 0 Å². The van der Waals surface area contributed by atoms with Crippen LogP contribution in [0.1, 0.15) is 32.4 Å². The summed E-state index contributed by atoms with van der Waals surface area (Å²) in [5.41, 5.74) is 0.371. The zero-order valence-corrected chi connectivity index (χ0v) is 12.1. The van der Waals surface area contributed by atoms with Crippen LogP contribution in [0.15, 0.2) is 29.2 Å². The van der Waals surface area contributed by atoms with Gasteiger partial charge in [0.15, 0.2) is 0 Å². The van der Waals surface area contributed by atoms with E-state index in [0.29, 0.717) is 5.75 Å². The lowest BCUT2D eigenvalue weighted by atomic mass is 9.97. The second-order valence-electron chi connectivity index (χ2n) is 4.91. The maximum Gasteiger partial charge on any atom is 0.312 e. The Morgan fingerprint density at radius 3 is 2.72 bits per heavy atom. The normalized spacial score (nSPS) is 13.2. The fraction of sp³-hybridized carbons (Fsp3) is 0.500. The molecule has 100 valence electrons. The van der Waals surface area contributed by atoms with Crippen molar-refractivity contribution in [1.82, 2.24) is 0 Å². The van der Waals surface area contributed by atoms with Crippen LogP contribution in [0.4, 0.5) is 0 Å². The van der Waals surface area contributed by atoms with Crippen molar-refractivity contribution in [2.24, 2.45) is 5.41 Å². The molecule has 0 saturated carbocycles. The molecule has 1 N–H and O–H groups in total. The number of carbonyl (C=O) groups is 1. The summed E-state index contributed by atoms with van der Waals surface area (Å²) in [4.78, 5) is 12.6. The predicted octanol–water partition coefficient (Wildman–Crippen LogP) is 3.03. The van der Waals surface area contributed by atoms with Crippen molar-refractivity contribution in [2.75, 3.05) is 12.9 Å². The molecule has 0 aliphatic rings. The average molecular weight is 268 g/mol. The Hall–Kier alpha value is -1.00. The van der Waals surface area contributed by atoms with Gasteiger partial charge in [0, 0.05) is 10.6 Å². The molecule has 1 atom stereocenters. The fourth-order valence-electron chi connectivity index (χ4n) is 1.46. The van der Waals surface area contributed by atoms with E-state index in [0.717, 1.165) is 10.5 Å². The predicted molar refractivity (Wildman–Crippen MR) is 73.6 cm³/mol. The summed E-state index contributed by atoms with van der Waals surface area (Å²) in [5.74, 6) is 0.435. The van der Waals surface area contributed by atoms with Crippen molar-refractivity contribution < 1.29 is 14.6 Å². The highest BCUT2D eigenvalue weighted by Crippen LogP contribution is 2.29. The maximum atomic E-state index is 11.6. The summed E-state index contributed by atoms with van der Waals surface area (Å²) in [6.07, 6.45) is -0.473. The van der Waals surface area contributed by atoms with Crippen molar-refractivity contribution in [3.63, 3.8) is 0 Å². The zero-order chi connectivity index (χ0) is 13.8. The van der Waals surface area contributed by atoms with E-state index in [1.165, 1.54) is 7.11 Å². The van der Waals surface area contributed by atoms with Crippen molar-refractivity contribution in [3.8, 4) is 0 Å². The first kappa shape index (κ1) is 15.1. The smallest absolute Gasteiger partial charge is 0.312 e. The molecule has 1 unspecified atom stereocenters. The third-order valence-corrected chi connectivity index (χ3v) is 4.13. The van der Waals surface area contributed by atoms with Gasteiger partial charge in [0.05, 0.1) is 18.6 Å². The summed E-state index contributed by atoms with van der Waals surface area (Å²) in [5, 5.41) is 9.52. The highest BCUT2D eigenvalue weighted by Gasteiger charge is 2.28. The summed E-state index contributed by atoms with van der Waals surface area (Å²) >= 11 is 1.59. The first-order valence-electron chi connectivity index (χ1n) is 5.86. The lowest BCUT2D eigenvalue weighted by Crippen LogP contribution is -2.28. The molecule has 0 bridgehead atoms.